The molecule has 3 rings (SSSR count). The molecule has 1 atom stereocenters. The maximum atomic E-state index is 12.6. The number of amides is 1. The van der Waals surface area contributed by atoms with Crippen molar-refractivity contribution in [3.8, 4) is 0 Å². The molecule has 0 spiro atoms. The van der Waals surface area contributed by atoms with Crippen LogP contribution in [0, 0.1) is 13.8 Å². The SMILES string of the molecule is Cc1cccc(C)c1NC(=O)C(C)Sc1nncn1Cc1ccco1. The largest absolute Gasteiger partial charge is 0.467 e. The number of rotatable bonds is 6. The van der Waals surface area contributed by atoms with Gasteiger partial charge in [0, 0.05) is 5.69 Å². The molecule has 1 aromatic carbocycles. The van der Waals surface area contributed by atoms with Crippen molar-refractivity contribution in [1.29, 1.82) is 0 Å². The number of anilines is 1. The Morgan fingerprint density at radius 3 is 2.72 bits per heavy atom. The van der Waals surface area contributed by atoms with Gasteiger partial charge in [0.15, 0.2) is 5.16 Å². The third-order valence-corrected chi connectivity index (χ3v) is 4.96. The monoisotopic (exact) mass is 356 g/mol. The van der Waals surface area contributed by atoms with Crippen molar-refractivity contribution >= 4 is 23.4 Å². The van der Waals surface area contributed by atoms with Crippen molar-refractivity contribution in [3.05, 3.63) is 59.8 Å². The molecule has 0 aliphatic carbocycles. The number of thioether (sulfide) groups is 1. The fourth-order valence-corrected chi connectivity index (χ4v) is 3.29. The Morgan fingerprint density at radius 2 is 2.04 bits per heavy atom. The first kappa shape index (κ1) is 17.3. The number of carbonyl (C=O) groups is 1. The van der Waals surface area contributed by atoms with E-state index in [-0.39, 0.29) is 11.2 Å². The predicted octanol–water partition coefficient (Wildman–Crippen LogP) is 3.66. The van der Waals surface area contributed by atoms with Crippen LogP contribution in [0.15, 0.2) is 52.5 Å². The van der Waals surface area contributed by atoms with Gasteiger partial charge in [0.25, 0.3) is 0 Å². The molecule has 25 heavy (non-hydrogen) atoms. The summed E-state index contributed by atoms with van der Waals surface area (Å²) in [5.74, 6) is 0.754. The summed E-state index contributed by atoms with van der Waals surface area (Å²) in [5.41, 5.74) is 2.97. The zero-order chi connectivity index (χ0) is 17.8. The van der Waals surface area contributed by atoms with Gasteiger partial charge in [-0.05, 0) is 44.0 Å². The van der Waals surface area contributed by atoms with Crippen LogP contribution in [0.5, 0.6) is 0 Å². The Labute approximate surface area is 150 Å². The second kappa shape index (κ2) is 7.57. The first-order chi connectivity index (χ1) is 12.0. The van der Waals surface area contributed by atoms with Crippen LogP contribution in [-0.4, -0.2) is 25.9 Å². The highest BCUT2D eigenvalue weighted by atomic mass is 32.2. The van der Waals surface area contributed by atoms with Crippen molar-refractivity contribution < 1.29 is 9.21 Å². The van der Waals surface area contributed by atoms with E-state index in [1.54, 1.807) is 12.6 Å². The lowest BCUT2D eigenvalue weighted by Crippen LogP contribution is -2.24. The van der Waals surface area contributed by atoms with Crippen molar-refractivity contribution in [2.24, 2.45) is 0 Å². The normalized spacial score (nSPS) is 12.1. The molecule has 0 aliphatic heterocycles. The topological polar surface area (TPSA) is 73.0 Å². The van der Waals surface area contributed by atoms with Crippen LogP contribution in [0.1, 0.15) is 23.8 Å². The first-order valence-corrected chi connectivity index (χ1v) is 8.86. The molecule has 0 saturated carbocycles. The van der Waals surface area contributed by atoms with E-state index >= 15 is 0 Å². The van der Waals surface area contributed by atoms with E-state index < -0.39 is 0 Å². The van der Waals surface area contributed by atoms with Crippen LogP contribution in [0.2, 0.25) is 0 Å². The van der Waals surface area contributed by atoms with E-state index in [1.165, 1.54) is 11.8 Å². The highest BCUT2D eigenvalue weighted by Gasteiger charge is 2.19. The van der Waals surface area contributed by atoms with Crippen LogP contribution >= 0.6 is 11.8 Å². The number of carbonyl (C=O) groups excluding carboxylic acids is 1. The molecule has 7 heteroatoms. The lowest BCUT2D eigenvalue weighted by atomic mass is 10.1. The van der Waals surface area contributed by atoms with Gasteiger partial charge in [-0.3, -0.25) is 4.79 Å². The lowest BCUT2D eigenvalue weighted by Gasteiger charge is -2.15. The zero-order valence-electron chi connectivity index (χ0n) is 14.4. The number of aryl methyl sites for hydroxylation is 2. The van der Waals surface area contributed by atoms with Gasteiger partial charge in [-0.1, -0.05) is 30.0 Å². The van der Waals surface area contributed by atoms with Gasteiger partial charge in [0.05, 0.1) is 18.1 Å². The molecule has 1 unspecified atom stereocenters. The third kappa shape index (κ3) is 4.11. The number of hydrogen-bond acceptors (Lipinski definition) is 5. The van der Waals surface area contributed by atoms with E-state index in [4.69, 9.17) is 4.42 Å². The highest BCUT2D eigenvalue weighted by Crippen LogP contribution is 2.25. The number of aromatic nitrogens is 3. The Hall–Kier alpha value is -2.54. The molecular formula is C18H20N4O2S. The van der Waals surface area contributed by atoms with Crippen LogP contribution < -0.4 is 5.32 Å². The molecule has 130 valence electrons. The molecule has 0 radical (unpaired) electrons. The molecular weight excluding hydrogens is 336 g/mol. The van der Waals surface area contributed by atoms with Crippen molar-refractivity contribution in [2.75, 3.05) is 5.32 Å². The average Bonchev–Trinajstić information content (AvgIpc) is 3.24. The van der Waals surface area contributed by atoms with E-state index in [2.05, 4.69) is 15.5 Å². The van der Waals surface area contributed by atoms with E-state index in [1.807, 2.05) is 55.7 Å². The fourth-order valence-electron chi connectivity index (χ4n) is 2.46. The standard InChI is InChI=1S/C18H20N4O2S/c1-12-6-4-7-13(2)16(12)20-17(23)14(3)25-18-21-19-11-22(18)10-15-8-5-9-24-15/h4-9,11,14H,10H2,1-3H3,(H,20,23). The molecule has 1 N–H and O–H groups in total. The second-order valence-corrected chi connectivity index (χ2v) is 7.14. The highest BCUT2D eigenvalue weighted by molar-refractivity contribution is 8.00. The van der Waals surface area contributed by atoms with E-state index in [0.717, 1.165) is 22.6 Å². The smallest absolute Gasteiger partial charge is 0.237 e. The van der Waals surface area contributed by atoms with Gasteiger partial charge in [0.1, 0.15) is 12.1 Å². The number of nitrogens with one attached hydrogen (secondary N) is 1. The van der Waals surface area contributed by atoms with Gasteiger partial charge in [-0.15, -0.1) is 10.2 Å². The molecule has 3 aromatic rings. The van der Waals surface area contributed by atoms with Gasteiger partial charge >= 0.3 is 0 Å². The molecule has 2 heterocycles. The predicted molar refractivity (Wildman–Crippen MR) is 97.7 cm³/mol. The molecule has 1 amide bonds. The van der Waals surface area contributed by atoms with E-state index in [0.29, 0.717) is 11.7 Å². The number of benzene rings is 1. The summed E-state index contributed by atoms with van der Waals surface area (Å²) >= 11 is 1.37. The van der Waals surface area contributed by atoms with Crippen molar-refractivity contribution in [2.45, 2.75) is 37.7 Å². The van der Waals surface area contributed by atoms with E-state index in [9.17, 15) is 4.79 Å². The quantitative estimate of drug-likeness (QED) is 0.683. The summed E-state index contributed by atoms with van der Waals surface area (Å²) in [6.45, 7) is 6.37. The van der Waals surface area contributed by atoms with Crippen LogP contribution in [-0.2, 0) is 11.3 Å². The molecule has 0 bridgehead atoms. The maximum absolute atomic E-state index is 12.6. The second-order valence-electron chi connectivity index (χ2n) is 5.84. The minimum atomic E-state index is -0.307. The number of para-hydroxylation sites is 1. The number of nitrogens with zero attached hydrogens (tertiary/aromatic N) is 3. The summed E-state index contributed by atoms with van der Waals surface area (Å²) < 4.78 is 7.22. The fraction of sp³-hybridized carbons (Fsp3) is 0.278. The van der Waals surface area contributed by atoms with Gasteiger partial charge in [0.2, 0.25) is 5.91 Å². The van der Waals surface area contributed by atoms with Gasteiger partial charge in [-0.2, -0.15) is 0 Å². The molecule has 6 nitrogen and oxygen atoms in total. The maximum Gasteiger partial charge on any atom is 0.237 e. The van der Waals surface area contributed by atoms with Gasteiger partial charge < -0.3 is 14.3 Å². The van der Waals surface area contributed by atoms with Crippen LogP contribution in [0.3, 0.4) is 0 Å². The lowest BCUT2D eigenvalue weighted by molar-refractivity contribution is -0.115. The van der Waals surface area contributed by atoms with Crippen molar-refractivity contribution in [3.63, 3.8) is 0 Å². The average molecular weight is 356 g/mol. The Bertz CT molecular complexity index is 838. The molecule has 0 saturated heterocycles. The summed E-state index contributed by atoms with van der Waals surface area (Å²) in [7, 11) is 0. The number of hydrogen-bond donors (Lipinski definition) is 1. The summed E-state index contributed by atoms with van der Waals surface area (Å²) in [4.78, 5) is 12.6. The molecule has 0 aliphatic rings. The zero-order valence-corrected chi connectivity index (χ0v) is 15.2. The molecule has 2 aromatic heterocycles. The summed E-state index contributed by atoms with van der Waals surface area (Å²) in [6.07, 6.45) is 3.27. The first-order valence-electron chi connectivity index (χ1n) is 7.98. The Morgan fingerprint density at radius 1 is 1.28 bits per heavy atom. The van der Waals surface area contributed by atoms with Crippen molar-refractivity contribution in [1.82, 2.24) is 14.8 Å². The molecule has 0 fully saturated rings. The summed E-state index contributed by atoms with van der Waals surface area (Å²) in [6, 6.07) is 9.69. The van der Waals surface area contributed by atoms with Crippen LogP contribution in [0.4, 0.5) is 5.69 Å². The Kier molecular flexibility index (Phi) is 5.23. The summed E-state index contributed by atoms with van der Waals surface area (Å²) in [5, 5.41) is 11.5. The number of furan rings is 1. The van der Waals surface area contributed by atoms with Gasteiger partial charge in [-0.25, -0.2) is 0 Å². The minimum absolute atomic E-state index is 0.0602. The third-order valence-electron chi connectivity index (χ3n) is 3.87. The Balaban J connectivity index is 1.67. The minimum Gasteiger partial charge on any atom is -0.467 e. The van der Waals surface area contributed by atoms with Crippen LogP contribution in [0.25, 0.3) is 0 Å².